The molecule has 1 heterocycles. The molecule has 5 heteroatoms. The number of hydrogen-bond donors (Lipinski definition) is 1. The fourth-order valence-electron chi connectivity index (χ4n) is 2.56. The molecular weight excluding hydrogens is 266 g/mol. The Balaban J connectivity index is 2.26. The van der Waals surface area contributed by atoms with E-state index in [0.717, 1.165) is 5.69 Å². The maximum Gasteiger partial charge on any atom is 0.274 e. The summed E-state index contributed by atoms with van der Waals surface area (Å²) in [5.74, 6) is 0.403. The molecular formula is C16H27N3O2. The van der Waals surface area contributed by atoms with Gasteiger partial charge in [-0.3, -0.25) is 9.48 Å². The summed E-state index contributed by atoms with van der Waals surface area (Å²) in [6.07, 6.45) is 2.35. The quantitative estimate of drug-likeness (QED) is 0.927. The number of rotatable bonds is 4. The molecule has 5 nitrogen and oxygen atoms in total. The van der Waals surface area contributed by atoms with Gasteiger partial charge in [-0.05, 0) is 53.5 Å². The van der Waals surface area contributed by atoms with Crippen molar-refractivity contribution in [1.29, 1.82) is 0 Å². The number of amides is 1. The van der Waals surface area contributed by atoms with E-state index in [9.17, 15) is 9.90 Å². The monoisotopic (exact) mass is 293 g/mol. The summed E-state index contributed by atoms with van der Waals surface area (Å²) in [4.78, 5) is 14.0. The standard InChI is InChI=1S/C16H27N3O2/c1-15(2,3)19-13(11-7-8-11)9-12(17-19)14(20)18(6)10-16(4,5)21/h9,11,21H,7-8,10H2,1-6H3. The van der Waals surface area contributed by atoms with Crippen molar-refractivity contribution < 1.29 is 9.90 Å². The van der Waals surface area contributed by atoms with Crippen molar-refractivity contribution in [2.24, 2.45) is 0 Å². The van der Waals surface area contributed by atoms with Crippen LogP contribution in [-0.4, -0.2) is 44.9 Å². The first-order valence-electron chi connectivity index (χ1n) is 7.57. The highest BCUT2D eigenvalue weighted by molar-refractivity contribution is 5.92. The van der Waals surface area contributed by atoms with Crippen LogP contribution in [0.4, 0.5) is 0 Å². The Morgan fingerprint density at radius 2 is 1.95 bits per heavy atom. The number of likely N-dealkylation sites (N-methyl/N-ethyl adjacent to an activating group) is 1. The van der Waals surface area contributed by atoms with Crippen LogP contribution in [0.5, 0.6) is 0 Å². The minimum atomic E-state index is -0.906. The van der Waals surface area contributed by atoms with E-state index in [4.69, 9.17) is 0 Å². The molecule has 1 saturated carbocycles. The van der Waals surface area contributed by atoms with E-state index in [1.165, 1.54) is 17.7 Å². The Labute approximate surface area is 126 Å². The minimum Gasteiger partial charge on any atom is -0.389 e. The second-order valence-corrected chi connectivity index (χ2v) is 7.78. The third-order valence-corrected chi connectivity index (χ3v) is 3.56. The molecule has 1 N–H and O–H groups in total. The Morgan fingerprint density at radius 3 is 2.38 bits per heavy atom. The van der Waals surface area contributed by atoms with E-state index in [2.05, 4.69) is 25.9 Å². The lowest BCUT2D eigenvalue weighted by Crippen LogP contribution is -2.40. The fourth-order valence-corrected chi connectivity index (χ4v) is 2.56. The van der Waals surface area contributed by atoms with Crippen molar-refractivity contribution in [3.63, 3.8) is 0 Å². The van der Waals surface area contributed by atoms with Gasteiger partial charge in [0.05, 0.1) is 11.1 Å². The van der Waals surface area contributed by atoms with Crippen molar-refractivity contribution in [1.82, 2.24) is 14.7 Å². The third-order valence-electron chi connectivity index (χ3n) is 3.56. The fraction of sp³-hybridized carbons (Fsp3) is 0.750. The summed E-state index contributed by atoms with van der Waals surface area (Å²) in [5, 5.41) is 14.4. The molecule has 1 fully saturated rings. The highest BCUT2D eigenvalue weighted by Crippen LogP contribution is 2.41. The van der Waals surface area contributed by atoms with Crippen LogP contribution >= 0.6 is 0 Å². The first-order valence-corrected chi connectivity index (χ1v) is 7.57. The summed E-state index contributed by atoms with van der Waals surface area (Å²) in [6.45, 7) is 9.97. The maximum atomic E-state index is 12.5. The molecule has 1 aliphatic rings. The van der Waals surface area contributed by atoms with Crippen LogP contribution < -0.4 is 0 Å². The predicted octanol–water partition coefficient (Wildman–Crippen LogP) is 2.36. The van der Waals surface area contributed by atoms with Crippen molar-refractivity contribution >= 4 is 5.91 Å². The molecule has 118 valence electrons. The third kappa shape index (κ3) is 3.84. The smallest absolute Gasteiger partial charge is 0.274 e. The van der Waals surface area contributed by atoms with Gasteiger partial charge >= 0.3 is 0 Å². The molecule has 0 radical (unpaired) electrons. The summed E-state index contributed by atoms with van der Waals surface area (Å²) >= 11 is 0. The molecule has 1 aliphatic carbocycles. The summed E-state index contributed by atoms with van der Waals surface area (Å²) < 4.78 is 1.98. The van der Waals surface area contributed by atoms with E-state index >= 15 is 0 Å². The van der Waals surface area contributed by atoms with Gasteiger partial charge < -0.3 is 10.0 Å². The molecule has 0 unspecified atom stereocenters. The summed E-state index contributed by atoms with van der Waals surface area (Å²) in [7, 11) is 1.70. The van der Waals surface area contributed by atoms with Gasteiger partial charge in [-0.15, -0.1) is 0 Å². The van der Waals surface area contributed by atoms with Gasteiger partial charge in [0, 0.05) is 25.2 Å². The van der Waals surface area contributed by atoms with Gasteiger partial charge in [0.1, 0.15) is 0 Å². The van der Waals surface area contributed by atoms with E-state index in [0.29, 0.717) is 11.6 Å². The van der Waals surface area contributed by atoms with Crippen molar-refractivity contribution in [3.05, 3.63) is 17.5 Å². The van der Waals surface area contributed by atoms with Gasteiger partial charge in [0.2, 0.25) is 0 Å². The number of hydrogen-bond acceptors (Lipinski definition) is 3. The molecule has 1 aromatic rings. The van der Waals surface area contributed by atoms with E-state index < -0.39 is 5.60 Å². The molecule has 0 aliphatic heterocycles. The van der Waals surface area contributed by atoms with Crippen LogP contribution in [0.2, 0.25) is 0 Å². The largest absolute Gasteiger partial charge is 0.389 e. The van der Waals surface area contributed by atoms with Gasteiger partial charge in [0.25, 0.3) is 5.91 Å². The summed E-state index contributed by atoms with van der Waals surface area (Å²) in [5.41, 5.74) is 0.586. The average Bonchev–Trinajstić information content (AvgIpc) is 3.03. The zero-order valence-corrected chi connectivity index (χ0v) is 14.0. The number of carbonyl (C=O) groups is 1. The molecule has 0 saturated heterocycles. The van der Waals surface area contributed by atoms with Crippen LogP contribution in [0.1, 0.15) is 69.6 Å². The normalized spacial score (nSPS) is 16.1. The van der Waals surface area contributed by atoms with E-state index in [1.807, 2.05) is 10.7 Å². The second kappa shape index (κ2) is 5.13. The topological polar surface area (TPSA) is 58.4 Å². The van der Waals surface area contributed by atoms with Crippen LogP contribution in [0.25, 0.3) is 0 Å². The predicted molar refractivity (Wildman–Crippen MR) is 82.5 cm³/mol. The lowest BCUT2D eigenvalue weighted by atomic mass is 10.1. The van der Waals surface area contributed by atoms with Gasteiger partial charge in [-0.1, -0.05) is 0 Å². The zero-order valence-electron chi connectivity index (χ0n) is 14.0. The Kier molecular flexibility index (Phi) is 3.91. The molecule has 0 atom stereocenters. The minimum absolute atomic E-state index is 0.134. The molecule has 1 aromatic heterocycles. The average molecular weight is 293 g/mol. The van der Waals surface area contributed by atoms with Gasteiger partial charge in [-0.2, -0.15) is 5.10 Å². The Hall–Kier alpha value is -1.36. The number of aliphatic hydroxyl groups is 1. The highest BCUT2D eigenvalue weighted by atomic mass is 16.3. The molecule has 2 rings (SSSR count). The van der Waals surface area contributed by atoms with Crippen LogP contribution in [-0.2, 0) is 5.54 Å². The van der Waals surface area contributed by atoms with Crippen LogP contribution in [0.3, 0.4) is 0 Å². The van der Waals surface area contributed by atoms with Gasteiger partial charge in [0.15, 0.2) is 5.69 Å². The first-order chi connectivity index (χ1) is 9.49. The molecule has 1 amide bonds. The van der Waals surface area contributed by atoms with Crippen LogP contribution in [0.15, 0.2) is 6.07 Å². The SMILES string of the molecule is CN(CC(C)(C)O)C(=O)c1cc(C2CC2)n(C(C)(C)C)n1. The lowest BCUT2D eigenvalue weighted by Gasteiger charge is -2.25. The number of nitrogens with zero attached hydrogens (tertiary/aromatic N) is 3. The van der Waals surface area contributed by atoms with Gasteiger partial charge in [-0.25, -0.2) is 0 Å². The van der Waals surface area contributed by atoms with Crippen molar-refractivity contribution in [2.45, 2.75) is 64.5 Å². The number of carbonyl (C=O) groups excluding carboxylic acids is 1. The first kappa shape index (κ1) is 16.0. The van der Waals surface area contributed by atoms with Crippen molar-refractivity contribution in [3.8, 4) is 0 Å². The molecule has 0 spiro atoms. The lowest BCUT2D eigenvalue weighted by molar-refractivity contribution is 0.0364. The maximum absolute atomic E-state index is 12.5. The molecule has 0 aromatic carbocycles. The second-order valence-electron chi connectivity index (χ2n) is 7.78. The Morgan fingerprint density at radius 1 is 1.38 bits per heavy atom. The summed E-state index contributed by atoms with van der Waals surface area (Å²) in [6, 6.07) is 1.92. The zero-order chi connectivity index (χ0) is 16.0. The van der Waals surface area contributed by atoms with E-state index in [1.54, 1.807) is 20.9 Å². The Bertz CT molecular complexity index is 531. The number of aromatic nitrogens is 2. The molecule has 0 bridgehead atoms. The van der Waals surface area contributed by atoms with E-state index in [-0.39, 0.29) is 18.0 Å². The molecule has 21 heavy (non-hydrogen) atoms. The van der Waals surface area contributed by atoms with Crippen LogP contribution in [0, 0.1) is 0 Å². The highest BCUT2D eigenvalue weighted by Gasteiger charge is 2.33. The van der Waals surface area contributed by atoms with Crippen molar-refractivity contribution in [2.75, 3.05) is 13.6 Å².